The predicted molar refractivity (Wildman–Crippen MR) is 119 cm³/mol. The number of hydrogen-bond acceptors (Lipinski definition) is 7. The summed E-state index contributed by atoms with van der Waals surface area (Å²) in [5.41, 5.74) is 1.92. The number of benzene rings is 2. The highest BCUT2D eigenvalue weighted by molar-refractivity contribution is 7.93. The van der Waals surface area contributed by atoms with Crippen molar-refractivity contribution in [2.24, 2.45) is 0 Å². The van der Waals surface area contributed by atoms with Crippen molar-refractivity contribution in [2.45, 2.75) is 25.2 Å². The van der Waals surface area contributed by atoms with Gasteiger partial charge in [-0.25, -0.2) is 18.2 Å². The fraction of sp³-hybridized carbons (Fsp3) is 0.182. The van der Waals surface area contributed by atoms with Crippen LogP contribution < -0.4 is 4.72 Å². The van der Waals surface area contributed by atoms with Crippen molar-refractivity contribution >= 4 is 44.1 Å². The Kier molecular flexibility index (Phi) is 5.55. The van der Waals surface area contributed by atoms with Gasteiger partial charge in [0.1, 0.15) is 10.4 Å². The molecule has 0 aliphatic heterocycles. The molecule has 0 aliphatic carbocycles. The molecule has 4 rings (SSSR count). The molecule has 0 bridgehead atoms. The van der Waals surface area contributed by atoms with Crippen LogP contribution in [-0.4, -0.2) is 26.5 Å². The second-order valence-electron chi connectivity index (χ2n) is 7.02. The molecule has 31 heavy (non-hydrogen) atoms. The molecule has 2 aromatic heterocycles. The van der Waals surface area contributed by atoms with Gasteiger partial charge in [0, 0.05) is 16.2 Å². The van der Waals surface area contributed by atoms with Crippen LogP contribution in [0.25, 0.3) is 11.1 Å². The van der Waals surface area contributed by atoms with Crippen LogP contribution in [0.1, 0.15) is 31.6 Å². The number of sulfonamides is 1. The van der Waals surface area contributed by atoms with Gasteiger partial charge >= 0.3 is 5.97 Å². The Hall–Kier alpha value is -3.17. The third-order valence-corrected chi connectivity index (χ3v) is 7.27. The minimum absolute atomic E-state index is 0.132. The molecule has 0 unspecified atom stereocenters. The number of nitrogens with one attached hydrogen (secondary N) is 1. The van der Waals surface area contributed by atoms with E-state index in [4.69, 9.17) is 9.15 Å². The molecule has 0 aliphatic rings. The maximum absolute atomic E-state index is 13.0. The number of carbonyl (C=O) groups excluding carboxylic acids is 1. The number of rotatable bonds is 6. The van der Waals surface area contributed by atoms with E-state index in [0.29, 0.717) is 22.7 Å². The molecular weight excluding hydrogens is 436 g/mol. The molecule has 0 fully saturated rings. The summed E-state index contributed by atoms with van der Waals surface area (Å²) in [5, 5.41) is 0. The lowest BCUT2D eigenvalue weighted by Crippen LogP contribution is -2.14. The molecule has 0 amide bonds. The van der Waals surface area contributed by atoms with Crippen molar-refractivity contribution < 1.29 is 22.4 Å². The zero-order valence-electron chi connectivity index (χ0n) is 17.1. The summed E-state index contributed by atoms with van der Waals surface area (Å²) in [4.78, 5) is 18.4. The van der Waals surface area contributed by atoms with E-state index in [0.717, 1.165) is 10.4 Å². The van der Waals surface area contributed by atoms with E-state index in [1.165, 1.54) is 30.6 Å². The maximum atomic E-state index is 13.0. The average molecular weight is 457 g/mol. The molecule has 7 nitrogen and oxygen atoms in total. The summed E-state index contributed by atoms with van der Waals surface area (Å²) in [5.74, 6) is -0.191. The number of aryl methyl sites for hydroxylation is 2. The van der Waals surface area contributed by atoms with Gasteiger partial charge in [-0.3, -0.25) is 4.72 Å². The fourth-order valence-electron chi connectivity index (χ4n) is 3.31. The van der Waals surface area contributed by atoms with Crippen molar-refractivity contribution in [1.29, 1.82) is 0 Å². The van der Waals surface area contributed by atoms with E-state index in [2.05, 4.69) is 9.71 Å². The largest absolute Gasteiger partial charge is 0.465 e. The van der Waals surface area contributed by atoms with Gasteiger partial charge in [-0.2, -0.15) is 0 Å². The lowest BCUT2D eigenvalue weighted by molar-refractivity contribution is 0.0601. The highest BCUT2D eigenvalue weighted by atomic mass is 32.2. The van der Waals surface area contributed by atoms with Gasteiger partial charge in [0.25, 0.3) is 10.0 Å². The standard InChI is InChI=1S/C22H20N2O5S2/c1-13-9-19(14(2)30-13)31(26,27)24-18-12-16(22(25)28-3)11-17-21(18)29-20(23-17)10-15-7-5-4-6-8-15/h4-9,11-12,24H,10H2,1-3H3. The van der Waals surface area contributed by atoms with Crippen LogP contribution in [-0.2, 0) is 21.2 Å². The number of esters is 1. The summed E-state index contributed by atoms with van der Waals surface area (Å²) in [6, 6.07) is 14.2. The van der Waals surface area contributed by atoms with Gasteiger partial charge < -0.3 is 9.15 Å². The molecule has 160 valence electrons. The van der Waals surface area contributed by atoms with E-state index < -0.39 is 16.0 Å². The summed E-state index contributed by atoms with van der Waals surface area (Å²) >= 11 is 1.40. The van der Waals surface area contributed by atoms with Crippen LogP contribution >= 0.6 is 11.3 Å². The van der Waals surface area contributed by atoms with Crippen LogP contribution in [0.4, 0.5) is 5.69 Å². The van der Waals surface area contributed by atoms with E-state index in [1.54, 1.807) is 13.0 Å². The van der Waals surface area contributed by atoms with E-state index in [1.807, 2.05) is 37.3 Å². The first-order valence-electron chi connectivity index (χ1n) is 9.42. The van der Waals surface area contributed by atoms with E-state index >= 15 is 0 Å². The summed E-state index contributed by atoms with van der Waals surface area (Å²) < 4.78 is 39.4. The average Bonchev–Trinajstić information content (AvgIpc) is 3.30. The zero-order chi connectivity index (χ0) is 22.2. The number of aromatic nitrogens is 1. The van der Waals surface area contributed by atoms with Crippen LogP contribution in [0, 0.1) is 13.8 Å². The normalized spacial score (nSPS) is 11.6. The second kappa shape index (κ2) is 8.16. The Balaban J connectivity index is 1.80. The second-order valence-corrected chi connectivity index (χ2v) is 10.1. The van der Waals surface area contributed by atoms with E-state index in [9.17, 15) is 13.2 Å². The van der Waals surface area contributed by atoms with E-state index in [-0.39, 0.29) is 21.7 Å². The molecule has 0 saturated heterocycles. The summed E-state index contributed by atoms with van der Waals surface area (Å²) in [6.45, 7) is 3.60. The number of fused-ring (bicyclic) bond motifs is 1. The monoisotopic (exact) mass is 456 g/mol. The molecule has 1 N–H and O–H groups in total. The highest BCUT2D eigenvalue weighted by Crippen LogP contribution is 2.32. The minimum atomic E-state index is -3.89. The molecule has 0 radical (unpaired) electrons. The van der Waals surface area contributed by atoms with Gasteiger partial charge in [-0.1, -0.05) is 30.3 Å². The van der Waals surface area contributed by atoms with Gasteiger partial charge in [0.05, 0.1) is 18.4 Å². The number of oxazole rings is 1. The first kappa shape index (κ1) is 21.1. The quantitative estimate of drug-likeness (QED) is 0.423. The van der Waals surface area contributed by atoms with Crippen LogP contribution in [0.2, 0.25) is 0 Å². The molecule has 9 heteroatoms. The van der Waals surface area contributed by atoms with Gasteiger partial charge in [-0.15, -0.1) is 11.3 Å². The summed E-state index contributed by atoms with van der Waals surface area (Å²) in [7, 11) is -2.63. The van der Waals surface area contributed by atoms with Crippen molar-refractivity contribution in [2.75, 3.05) is 11.8 Å². The first-order chi connectivity index (χ1) is 14.8. The number of thiophene rings is 1. The van der Waals surface area contributed by atoms with Crippen molar-refractivity contribution in [3.05, 3.63) is 75.3 Å². The number of methoxy groups -OCH3 is 1. The third-order valence-electron chi connectivity index (χ3n) is 4.68. The van der Waals surface area contributed by atoms with Crippen LogP contribution in [0.15, 0.2) is 57.8 Å². The Bertz CT molecular complexity index is 1370. The highest BCUT2D eigenvalue weighted by Gasteiger charge is 2.23. The van der Waals surface area contributed by atoms with Crippen LogP contribution in [0.3, 0.4) is 0 Å². The third kappa shape index (κ3) is 4.33. The summed E-state index contributed by atoms with van der Waals surface area (Å²) in [6.07, 6.45) is 0.429. The molecule has 0 saturated carbocycles. The number of hydrogen-bond donors (Lipinski definition) is 1. The Labute approximate surface area is 183 Å². The minimum Gasteiger partial charge on any atom is -0.465 e. The van der Waals surface area contributed by atoms with Crippen molar-refractivity contribution in [1.82, 2.24) is 4.98 Å². The zero-order valence-corrected chi connectivity index (χ0v) is 18.8. The Morgan fingerprint density at radius 1 is 1.16 bits per heavy atom. The number of ether oxygens (including phenoxy) is 1. The smallest absolute Gasteiger partial charge is 0.338 e. The molecule has 2 heterocycles. The lowest BCUT2D eigenvalue weighted by Gasteiger charge is -2.09. The van der Waals surface area contributed by atoms with Gasteiger partial charge in [-0.05, 0) is 37.6 Å². The topological polar surface area (TPSA) is 98.5 Å². The molecule has 2 aromatic carbocycles. The molecule has 0 atom stereocenters. The Morgan fingerprint density at radius 2 is 1.90 bits per heavy atom. The van der Waals surface area contributed by atoms with Gasteiger partial charge in [0.2, 0.25) is 0 Å². The number of nitrogens with zero attached hydrogens (tertiary/aromatic N) is 1. The van der Waals surface area contributed by atoms with Gasteiger partial charge in [0.15, 0.2) is 11.5 Å². The van der Waals surface area contributed by atoms with Crippen molar-refractivity contribution in [3.63, 3.8) is 0 Å². The number of anilines is 1. The lowest BCUT2D eigenvalue weighted by atomic mass is 10.1. The maximum Gasteiger partial charge on any atom is 0.338 e. The molecular formula is C22H20N2O5S2. The van der Waals surface area contributed by atoms with Crippen LogP contribution in [0.5, 0.6) is 0 Å². The fourth-order valence-corrected chi connectivity index (χ4v) is 5.92. The molecule has 4 aromatic rings. The molecule has 0 spiro atoms. The Morgan fingerprint density at radius 3 is 2.55 bits per heavy atom. The number of carbonyl (C=O) groups is 1. The SMILES string of the molecule is COC(=O)c1cc(NS(=O)(=O)c2cc(C)sc2C)c2oc(Cc3ccccc3)nc2c1. The first-order valence-corrected chi connectivity index (χ1v) is 11.7. The predicted octanol–water partition coefficient (Wildman–Crippen LogP) is 4.68. The van der Waals surface area contributed by atoms with Crippen molar-refractivity contribution in [3.8, 4) is 0 Å².